The highest BCUT2D eigenvalue weighted by Crippen LogP contribution is 2.30. The van der Waals surface area contributed by atoms with Crippen molar-refractivity contribution in [3.05, 3.63) is 83.3 Å². The van der Waals surface area contributed by atoms with Crippen LogP contribution in [0, 0.1) is 5.82 Å². The summed E-state index contributed by atoms with van der Waals surface area (Å²) >= 11 is 7.47. The van der Waals surface area contributed by atoms with Crippen LogP contribution in [0.15, 0.2) is 76.5 Å². The fraction of sp³-hybridized carbons (Fsp3) is 0.0526. The second kappa shape index (κ2) is 7.35. The van der Waals surface area contributed by atoms with Crippen molar-refractivity contribution in [1.29, 1.82) is 0 Å². The normalized spacial score (nSPS) is 11.0. The van der Waals surface area contributed by atoms with E-state index in [2.05, 4.69) is 10.2 Å². The third-order valence-electron chi connectivity index (χ3n) is 3.74. The van der Waals surface area contributed by atoms with E-state index in [-0.39, 0.29) is 5.82 Å². The standard InChI is InChI=1S/C19H13ClFN3OS/c20-14-5-3-13(4-6-14)12-26-19-23-22-18(17-2-1-11-25-17)24(19)16-9-7-15(21)8-10-16/h1-11H,12H2. The maximum atomic E-state index is 13.3. The lowest BCUT2D eigenvalue weighted by atomic mass is 10.2. The zero-order valence-electron chi connectivity index (χ0n) is 13.5. The van der Waals surface area contributed by atoms with Gasteiger partial charge in [0, 0.05) is 10.8 Å². The molecule has 0 aliphatic rings. The van der Waals surface area contributed by atoms with E-state index in [4.69, 9.17) is 16.0 Å². The Morgan fingerprint density at radius 1 is 1.00 bits per heavy atom. The zero-order chi connectivity index (χ0) is 17.9. The fourth-order valence-electron chi connectivity index (χ4n) is 2.48. The quantitative estimate of drug-likeness (QED) is 0.419. The molecule has 0 aliphatic heterocycles. The summed E-state index contributed by atoms with van der Waals surface area (Å²) in [6, 6.07) is 17.5. The molecule has 0 fully saturated rings. The van der Waals surface area contributed by atoms with Gasteiger partial charge in [0.15, 0.2) is 10.9 Å². The molecule has 4 aromatic rings. The molecule has 0 aliphatic carbocycles. The molecule has 0 spiro atoms. The minimum atomic E-state index is -0.295. The summed E-state index contributed by atoms with van der Waals surface area (Å²) < 4.78 is 20.7. The molecular weight excluding hydrogens is 373 g/mol. The summed E-state index contributed by atoms with van der Waals surface area (Å²) in [5.74, 6) is 1.58. The first kappa shape index (κ1) is 16.9. The van der Waals surface area contributed by atoms with Crippen LogP contribution in [0.4, 0.5) is 4.39 Å². The molecule has 0 unspecified atom stereocenters. The van der Waals surface area contributed by atoms with E-state index in [0.29, 0.717) is 27.5 Å². The van der Waals surface area contributed by atoms with E-state index in [9.17, 15) is 4.39 Å². The van der Waals surface area contributed by atoms with Crippen molar-refractivity contribution in [2.24, 2.45) is 0 Å². The number of hydrogen-bond donors (Lipinski definition) is 0. The molecule has 7 heteroatoms. The van der Waals surface area contributed by atoms with Crippen molar-refractivity contribution >= 4 is 23.4 Å². The fourth-order valence-corrected chi connectivity index (χ4v) is 3.51. The van der Waals surface area contributed by atoms with Gasteiger partial charge in [0.25, 0.3) is 0 Å². The lowest BCUT2D eigenvalue weighted by Crippen LogP contribution is -1.99. The van der Waals surface area contributed by atoms with Gasteiger partial charge >= 0.3 is 0 Å². The summed E-state index contributed by atoms with van der Waals surface area (Å²) in [5, 5.41) is 9.96. The maximum Gasteiger partial charge on any atom is 0.205 e. The highest BCUT2D eigenvalue weighted by molar-refractivity contribution is 7.98. The van der Waals surface area contributed by atoms with Gasteiger partial charge in [-0.2, -0.15) is 0 Å². The molecule has 0 saturated heterocycles. The van der Waals surface area contributed by atoms with Crippen LogP contribution in [0.2, 0.25) is 5.02 Å². The van der Waals surface area contributed by atoms with Crippen molar-refractivity contribution in [2.75, 3.05) is 0 Å². The van der Waals surface area contributed by atoms with Gasteiger partial charge in [0.2, 0.25) is 5.82 Å². The van der Waals surface area contributed by atoms with Crippen LogP contribution >= 0.6 is 23.4 Å². The van der Waals surface area contributed by atoms with E-state index in [0.717, 1.165) is 11.3 Å². The first-order valence-electron chi connectivity index (χ1n) is 7.83. The van der Waals surface area contributed by atoms with E-state index in [1.165, 1.54) is 23.9 Å². The number of benzene rings is 2. The number of hydrogen-bond acceptors (Lipinski definition) is 4. The Morgan fingerprint density at radius 2 is 1.77 bits per heavy atom. The first-order valence-corrected chi connectivity index (χ1v) is 9.19. The number of thioether (sulfide) groups is 1. The third-order valence-corrected chi connectivity index (χ3v) is 4.99. The van der Waals surface area contributed by atoms with E-state index >= 15 is 0 Å². The Balaban J connectivity index is 1.70. The molecule has 4 rings (SSSR count). The van der Waals surface area contributed by atoms with Crippen molar-refractivity contribution in [3.8, 4) is 17.3 Å². The second-order valence-electron chi connectivity index (χ2n) is 5.51. The summed E-state index contributed by atoms with van der Waals surface area (Å²) in [5.41, 5.74) is 1.88. The summed E-state index contributed by atoms with van der Waals surface area (Å²) in [6.45, 7) is 0. The van der Waals surface area contributed by atoms with Crippen LogP contribution in [-0.2, 0) is 5.75 Å². The van der Waals surface area contributed by atoms with Crippen molar-refractivity contribution in [1.82, 2.24) is 14.8 Å². The zero-order valence-corrected chi connectivity index (χ0v) is 15.0. The maximum absolute atomic E-state index is 13.3. The van der Waals surface area contributed by atoms with Gasteiger partial charge in [0.05, 0.1) is 12.0 Å². The van der Waals surface area contributed by atoms with Crippen molar-refractivity contribution in [2.45, 2.75) is 10.9 Å². The third kappa shape index (κ3) is 3.52. The van der Waals surface area contributed by atoms with Gasteiger partial charge in [-0.05, 0) is 54.1 Å². The van der Waals surface area contributed by atoms with Crippen LogP contribution in [-0.4, -0.2) is 14.8 Å². The van der Waals surface area contributed by atoms with E-state index < -0.39 is 0 Å². The van der Waals surface area contributed by atoms with Gasteiger partial charge in [-0.15, -0.1) is 10.2 Å². The highest BCUT2D eigenvalue weighted by Gasteiger charge is 2.18. The van der Waals surface area contributed by atoms with Gasteiger partial charge in [-0.25, -0.2) is 4.39 Å². The Labute approximate surface area is 158 Å². The average molecular weight is 386 g/mol. The van der Waals surface area contributed by atoms with Gasteiger partial charge < -0.3 is 4.42 Å². The van der Waals surface area contributed by atoms with Crippen LogP contribution in [0.25, 0.3) is 17.3 Å². The highest BCUT2D eigenvalue weighted by atomic mass is 35.5. The van der Waals surface area contributed by atoms with Gasteiger partial charge in [0.1, 0.15) is 5.82 Å². The topological polar surface area (TPSA) is 43.9 Å². The van der Waals surface area contributed by atoms with Gasteiger partial charge in [-0.1, -0.05) is 35.5 Å². The molecule has 0 radical (unpaired) electrons. The molecule has 2 aromatic carbocycles. The molecule has 0 saturated carbocycles. The number of halogens is 2. The molecular formula is C19H13ClFN3OS. The molecule has 26 heavy (non-hydrogen) atoms. The van der Waals surface area contributed by atoms with Crippen LogP contribution < -0.4 is 0 Å². The Morgan fingerprint density at radius 3 is 2.46 bits per heavy atom. The molecule has 2 heterocycles. The van der Waals surface area contributed by atoms with Crippen molar-refractivity contribution in [3.63, 3.8) is 0 Å². The minimum Gasteiger partial charge on any atom is -0.461 e. The van der Waals surface area contributed by atoms with E-state index in [1.54, 1.807) is 24.5 Å². The van der Waals surface area contributed by atoms with Crippen LogP contribution in [0.1, 0.15) is 5.56 Å². The minimum absolute atomic E-state index is 0.295. The monoisotopic (exact) mass is 385 g/mol. The number of furan rings is 1. The average Bonchev–Trinajstić information content (AvgIpc) is 3.31. The summed E-state index contributed by atoms with van der Waals surface area (Å²) in [7, 11) is 0. The number of rotatable bonds is 5. The predicted octanol–water partition coefficient (Wildman–Crippen LogP) is 5.61. The molecule has 0 atom stereocenters. The SMILES string of the molecule is Fc1ccc(-n2c(SCc3ccc(Cl)cc3)nnc2-c2ccco2)cc1. The van der Waals surface area contributed by atoms with Gasteiger partial charge in [-0.3, -0.25) is 4.57 Å². The lowest BCUT2D eigenvalue weighted by Gasteiger charge is -2.09. The lowest BCUT2D eigenvalue weighted by molar-refractivity contribution is 0.575. The Bertz CT molecular complexity index is 998. The molecule has 0 bridgehead atoms. The Kier molecular flexibility index (Phi) is 4.77. The smallest absolute Gasteiger partial charge is 0.205 e. The predicted molar refractivity (Wildman–Crippen MR) is 100 cm³/mol. The molecule has 4 nitrogen and oxygen atoms in total. The summed E-state index contributed by atoms with van der Waals surface area (Å²) in [4.78, 5) is 0. The van der Waals surface area contributed by atoms with Crippen molar-refractivity contribution < 1.29 is 8.81 Å². The summed E-state index contributed by atoms with van der Waals surface area (Å²) in [6.07, 6.45) is 1.58. The van der Waals surface area contributed by atoms with Crippen LogP contribution in [0.5, 0.6) is 0 Å². The second-order valence-corrected chi connectivity index (χ2v) is 6.89. The first-order chi connectivity index (χ1) is 12.7. The molecule has 0 N–H and O–H groups in total. The Hall–Kier alpha value is -2.57. The van der Waals surface area contributed by atoms with E-state index in [1.807, 2.05) is 34.9 Å². The van der Waals surface area contributed by atoms with Crippen LogP contribution in [0.3, 0.4) is 0 Å². The number of nitrogens with zero attached hydrogens (tertiary/aromatic N) is 3. The molecule has 130 valence electrons. The molecule has 2 aromatic heterocycles. The number of aromatic nitrogens is 3. The molecule has 0 amide bonds. The largest absolute Gasteiger partial charge is 0.461 e.